The first-order valence-electron chi connectivity index (χ1n) is 37.0. The van der Waals surface area contributed by atoms with E-state index in [1.807, 2.05) is 36.2 Å². The van der Waals surface area contributed by atoms with Crippen molar-refractivity contribution in [3.8, 4) is 17.6 Å². The van der Waals surface area contributed by atoms with Crippen LogP contribution in [0.1, 0.15) is 148 Å². The number of piperidine rings is 1. The van der Waals surface area contributed by atoms with Gasteiger partial charge in [-0.15, -0.1) is 5.92 Å². The van der Waals surface area contributed by atoms with E-state index in [2.05, 4.69) is 62.2 Å². The molecule has 9 aliphatic carbocycles. The number of benzene rings is 2. The van der Waals surface area contributed by atoms with Crippen LogP contribution in [0.5, 0.6) is 5.75 Å². The number of carbonyl (C=O) groups excluding carboxylic acids is 2. The third kappa shape index (κ3) is 8.16. The molecule has 27 unspecified atom stereocenters. The van der Waals surface area contributed by atoms with Gasteiger partial charge in [-0.25, -0.2) is 0 Å². The molecule has 1 amide bonds. The maximum Gasteiger partial charge on any atom is 0.234 e. The van der Waals surface area contributed by atoms with Gasteiger partial charge in [0.15, 0.2) is 11.5 Å². The highest BCUT2D eigenvalue weighted by Gasteiger charge is 2.82. The van der Waals surface area contributed by atoms with Crippen molar-refractivity contribution >= 4 is 55.3 Å². The monoisotopic (exact) mass is 1360 g/mol. The number of nitrogens with one attached hydrogen (secondary N) is 1. The van der Waals surface area contributed by atoms with E-state index in [0.29, 0.717) is 74.1 Å². The number of hydrogen-bond acceptors (Lipinski definition) is 16. The first-order valence-corrected chi connectivity index (χ1v) is 39.4. The fraction of sp³-hybridized carbons (Fsp3) is 0.696. The van der Waals surface area contributed by atoms with Gasteiger partial charge in [-0.3, -0.25) is 9.59 Å². The van der Waals surface area contributed by atoms with Crippen molar-refractivity contribution in [3.63, 3.8) is 0 Å². The molecule has 5 spiro atoms. The topological polar surface area (TPSA) is 258 Å². The number of aliphatic hydroxyl groups is 8. The van der Waals surface area contributed by atoms with E-state index < -0.39 is 122 Å². The predicted octanol–water partition coefficient (Wildman–Crippen LogP) is 8.95. The third-order valence-electron chi connectivity index (χ3n) is 31.2. The number of ketones is 1. The maximum atomic E-state index is 17.3. The van der Waals surface area contributed by atoms with Gasteiger partial charge in [0.2, 0.25) is 5.91 Å². The quantitative estimate of drug-likeness (QED) is 0.0478. The lowest BCUT2D eigenvalue weighted by atomic mass is 9.37. The maximum absolute atomic E-state index is 17.3. The zero-order chi connectivity index (χ0) is 67.3. The molecule has 1 aromatic heterocycles. The number of aromatic nitrogens is 1. The molecule has 3 saturated heterocycles. The number of carbonyl (C=O) groups is 2. The molecule has 18 heteroatoms. The van der Waals surface area contributed by atoms with Gasteiger partial charge in [-0.05, 0) is 195 Å². The van der Waals surface area contributed by atoms with E-state index in [1.165, 1.54) is 10.8 Å². The normalized spacial score (nSPS) is 49.9. The van der Waals surface area contributed by atoms with Crippen LogP contribution < -0.4 is 10.2 Å². The highest BCUT2D eigenvalue weighted by atomic mass is 33.1. The summed E-state index contributed by atoms with van der Waals surface area (Å²) in [6.07, 6.45) is 17.7. The summed E-state index contributed by atoms with van der Waals surface area (Å²) in [5.74, 6) is 4.43. The van der Waals surface area contributed by atoms with E-state index in [1.54, 1.807) is 36.1 Å². The molecule has 10 N–H and O–H groups in total. The number of rotatable bonds is 6. The number of aromatic hydroxyl groups is 1. The summed E-state index contributed by atoms with van der Waals surface area (Å²) in [6, 6.07) is 11.2. The van der Waals surface area contributed by atoms with Crippen molar-refractivity contribution in [2.45, 2.75) is 207 Å². The number of allylic oxidation sites excluding steroid dienone is 3. The Hall–Kier alpha value is -4.04. The Kier molecular flexibility index (Phi) is 14.6. The number of aliphatic hydroxyl groups excluding tert-OH is 4. The second kappa shape index (κ2) is 21.8. The fourth-order valence-electron chi connectivity index (χ4n) is 26.6. The second-order valence-corrected chi connectivity index (χ2v) is 37.3. The number of nitrogens with zero attached hydrogens (tertiary/aromatic N) is 2. The first-order chi connectivity index (χ1) is 46.4. The van der Waals surface area contributed by atoms with Crippen LogP contribution in [0.25, 0.3) is 16.3 Å². The first kappa shape index (κ1) is 65.0. The summed E-state index contributed by atoms with van der Waals surface area (Å²) in [6.45, 7) is 7.29. The van der Waals surface area contributed by atoms with Gasteiger partial charge in [0.1, 0.15) is 28.5 Å². The van der Waals surface area contributed by atoms with Crippen molar-refractivity contribution in [1.29, 1.82) is 0 Å². The zero-order valence-electron chi connectivity index (χ0n) is 56.7. The number of hydrogen-bond donors (Lipinski definition) is 10. The van der Waals surface area contributed by atoms with Crippen molar-refractivity contribution in [1.82, 2.24) is 9.88 Å². The average Bonchev–Trinajstić information content (AvgIpc) is 1.57. The summed E-state index contributed by atoms with van der Waals surface area (Å²) in [4.78, 5) is 36.1. The molecular weight excluding hydrogens is 1260 g/mol. The number of epoxide rings is 1. The van der Waals surface area contributed by atoms with Crippen LogP contribution >= 0.6 is 21.6 Å². The molecule has 20 rings (SSSR count). The van der Waals surface area contributed by atoms with Gasteiger partial charge in [0, 0.05) is 114 Å². The zero-order valence-corrected chi connectivity index (χ0v) is 58.4. The van der Waals surface area contributed by atoms with E-state index in [4.69, 9.17) is 9.47 Å². The SMILES string of the molecule is COC1CC2C3C=C1c1cccc4cn(cc14)C1(O)CC45C(=O)C=C6C(CC7C=CCC(O)(C8OC8C(C)C(C)C)C8CCC6(O)C78CCc6cc(O)cc(c6)N6CC7(CC8C#CCC9CCC2(C9)NC(C3)C8C7O)C2(C6=O)C(CO)CCCC2CSSC4O)C5(C)CC1(O)CO. The van der Waals surface area contributed by atoms with Crippen LogP contribution in [0.2, 0.25) is 0 Å². The Morgan fingerprint density at radius 2 is 1.78 bits per heavy atom. The average molecular weight is 1360 g/mol. The molecule has 18 bridgehead atoms. The van der Waals surface area contributed by atoms with Gasteiger partial charge >= 0.3 is 0 Å². The third-order valence-corrected chi connectivity index (χ3v) is 33.9. The summed E-state index contributed by atoms with van der Waals surface area (Å²) in [5.41, 5.74) is -13.6. The van der Waals surface area contributed by atoms with Gasteiger partial charge in [0.05, 0.1) is 41.3 Å². The number of amides is 1. The van der Waals surface area contributed by atoms with Crippen LogP contribution in [-0.4, -0.2) is 153 Å². The molecule has 520 valence electrons. The Balaban J connectivity index is 0.904. The summed E-state index contributed by atoms with van der Waals surface area (Å²) >= 11 is 0. The molecule has 17 aliphatic rings. The Labute approximate surface area is 577 Å². The largest absolute Gasteiger partial charge is 0.508 e. The molecule has 97 heavy (non-hydrogen) atoms. The molecule has 6 saturated carbocycles. The van der Waals surface area contributed by atoms with E-state index >= 15 is 9.59 Å². The lowest BCUT2D eigenvalue weighted by Gasteiger charge is -2.69. The second-order valence-electron chi connectivity index (χ2n) is 34.8. The minimum atomic E-state index is -2.44. The van der Waals surface area contributed by atoms with Gasteiger partial charge in [-0.2, -0.15) is 0 Å². The molecule has 27 atom stereocenters. The number of phenolic OH excluding ortho intramolecular Hbond substituents is 1. The molecule has 2 aromatic carbocycles. The van der Waals surface area contributed by atoms with E-state index in [9.17, 15) is 46.0 Å². The minimum absolute atomic E-state index is 0.0315. The molecular formula is C79H99N3O13S2. The van der Waals surface area contributed by atoms with Gasteiger partial charge < -0.3 is 70.2 Å². The predicted molar refractivity (Wildman–Crippen MR) is 370 cm³/mol. The Morgan fingerprint density at radius 1 is 0.948 bits per heavy atom. The number of aryl methyl sites for hydroxylation is 1. The number of ether oxygens (including phenoxy) is 2. The summed E-state index contributed by atoms with van der Waals surface area (Å²) < 4.78 is 14.9. The van der Waals surface area contributed by atoms with E-state index in [-0.39, 0.29) is 116 Å². The van der Waals surface area contributed by atoms with Crippen LogP contribution in [0, 0.1) is 110 Å². The lowest BCUT2D eigenvalue weighted by molar-refractivity contribution is -0.302. The number of anilines is 1. The fourth-order valence-corrected chi connectivity index (χ4v) is 29.7. The summed E-state index contributed by atoms with van der Waals surface area (Å²) in [7, 11) is 4.25. The Morgan fingerprint density at radius 3 is 2.58 bits per heavy atom. The van der Waals surface area contributed by atoms with Gasteiger partial charge in [0.25, 0.3) is 0 Å². The Bertz CT molecular complexity index is 3970. The highest BCUT2D eigenvalue weighted by molar-refractivity contribution is 8.76. The lowest BCUT2D eigenvalue weighted by Crippen LogP contribution is -2.75. The van der Waals surface area contributed by atoms with Crippen LogP contribution in [0.4, 0.5) is 5.69 Å². The van der Waals surface area contributed by atoms with Crippen LogP contribution in [-0.2, 0) is 31.2 Å². The molecule has 0 radical (unpaired) electrons. The van der Waals surface area contributed by atoms with Crippen molar-refractivity contribution < 1.29 is 65.0 Å². The standard InChI is InChI=1S/C79H99N3O13S2/c1-42(2)43(3)65-67(95-65)76(91)20-9-15-49-28-58-59-31-63(86)75-39-78(93,73(90,41-84)38-70(58,75)4)81-34-47-12-7-16-54(56(47)35-81)55-26-48-27-60-64-46(11-6-10-44-17-21-72(32-44,80-60)57(48)30-61(55)94-5)33-71(66(64)87)40-82(68(88)79(71)50(36-83)13-8-14-51(79)37-96-97-69(75)89)52-24-45(25-53(85)29-52)18-22-74(49)62(76)19-23-77(59,74)92/h7,9,12,15-16,24-26,29,31,34-35,42-44,46,48-51,57-58,60-62,64-67,69,80,83-85,87,89-93H,8,10,13-14,17-23,27-28,30,32-33,36-41H2,1-5H3. The summed E-state index contributed by atoms with van der Waals surface area (Å²) in [5, 5.41) is 128. The van der Waals surface area contributed by atoms with Crippen LogP contribution in [0.3, 0.4) is 0 Å². The number of phenols is 1. The van der Waals surface area contributed by atoms with E-state index in [0.717, 1.165) is 58.4 Å². The molecule has 16 nitrogen and oxygen atoms in total. The van der Waals surface area contributed by atoms with Crippen molar-refractivity contribution in [3.05, 3.63) is 89.8 Å². The number of fused-ring (bicyclic) bond motifs is 6. The molecule has 8 aliphatic heterocycles. The van der Waals surface area contributed by atoms with Crippen molar-refractivity contribution in [2.24, 2.45) is 98.1 Å². The molecule has 9 fully saturated rings. The van der Waals surface area contributed by atoms with Crippen LogP contribution in [0.15, 0.2) is 78.7 Å². The van der Waals surface area contributed by atoms with Crippen molar-refractivity contribution in [2.75, 3.05) is 37.5 Å². The highest BCUT2D eigenvalue weighted by Crippen LogP contribution is 2.78. The smallest absolute Gasteiger partial charge is 0.234 e. The molecule has 3 aromatic rings. The minimum Gasteiger partial charge on any atom is -0.508 e. The number of methoxy groups -OCH3 is 1. The molecule has 9 heterocycles. The van der Waals surface area contributed by atoms with Gasteiger partial charge in [-0.1, -0.05) is 98.1 Å².